The van der Waals surface area contributed by atoms with Crippen LogP contribution in [0.25, 0.3) is 47.0 Å². The van der Waals surface area contributed by atoms with E-state index in [1.54, 1.807) is 17.0 Å². The van der Waals surface area contributed by atoms with Crippen molar-refractivity contribution < 1.29 is 60.0 Å². The summed E-state index contributed by atoms with van der Waals surface area (Å²) in [6.07, 6.45) is 4.93. The summed E-state index contributed by atoms with van der Waals surface area (Å²) < 4.78 is 104. The lowest BCUT2D eigenvalue weighted by Gasteiger charge is -2.41. The molecule has 3 amide bonds. The highest BCUT2D eigenvalue weighted by Gasteiger charge is 2.44. The van der Waals surface area contributed by atoms with E-state index in [-0.39, 0.29) is 149 Å². The second-order valence-electron chi connectivity index (χ2n) is 35.1. The minimum atomic E-state index is -4.59. The van der Waals surface area contributed by atoms with Crippen molar-refractivity contribution in [2.75, 3.05) is 188 Å². The molecule has 0 spiro atoms. The molecule has 0 aliphatic carbocycles. The summed E-state index contributed by atoms with van der Waals surface area (Å²) >= 11 is 6.68. The van der Waals surface area contributed by atoms with Crippen molar-refractivity contribution in [1.29, 1.82) is 0 Å². The summed E-state index contributed by atoms with van der Waals surface area (Å²) in [7, 11) is 6.23. The predicted octanol–water partition coefficient (Wildman–Crippen LogP) is 13.8. The van der Waals surface area contributed by atoms with Gasteiger partial charge < -0.3 is 92.7 Å². The van der Waals surface area contributed by atoms with Gasteiger partial charge in [-0.2, -0.15) is 102 Å². The topological polar surface area (TPSA) is 257 Å². The molecular formula is C96H118ClF6N23O7S4. The summed E-state index contributed by atoms with van der Waals surface area (Å²) in [4.78, 5) is 100. The molecule has 18 rings (SSSR count). The molecule has 5 aromatic carbocycles. The van der Waals surface area contributed by atoms with Crippen LogP contribution < -0.4 is 43.6 Å². The van der Waals surface area contributed by atoms with E-state index >= 15 is 0 Å². The van der Waals surface area contributed by atoms with Crippen LogP contribution in [0.1, 0.15) is 90.9 Å². The Hall–Kier alpha value is -11.4. The van der Waals surface area contributed by atoms with E-state index in [1.807, 2.05) is 48.3 Å². The molecule has 6 saturated heterocycles. The van der Waals surface area contributed by atoms with Crippen molar-refractivity contribution in [3.63, 3.8) is 0 Å². The number of nitrogens with one attached hydrogen (secondary N) is 1. The molecule has 41 heteroatoms. The van der Waals surface area contributed by atoms with E-state index < -0.39 is 65.1 Å². The number of hydrogen-bond donors (Lipinski definition) is 2. The second-order valence-corrected chi connectivity index (χ2v) is 35.5. The molecule has 6 fully saturated rings. The van der Waals surface area contributed by atoms with Crippen LogP contribution in [0.5, 0.6) is 23.8 Å². The molecule has 0 bridgehead atoms. The highest BCUT2D eigenvalue weighted by molar-refractivity contribution is 7.59. The number of carbonyl (C=O) groups is 3. The Morgan fingerprint density at radius 1 is 0.496 bits per heavy atom. The Kier molecular flexibility index (Phi) is 35.9. The van der Waals surface area contributed by atoms with Crippen molar-refractivity contribution in [2.45, 2.75) is 134 Å². The summed E-state index contributed by atoms with van der Waals surface area (Å²) in [5, 5.41) is 22.5. The number of nitrogens with zero attached hydrogens (tertiary/aromatic N) is 22. The third-order valence-corrected chi connectivity index (χ3v) is 27.2. The van der Waals surface area contributed by atoms with Crippen LogP contribution in [0, 0.1) is 26.6 Å². The van der Waals surface area contributed by atoms with E-state index in [2.05, 4.69) is 117 Å². The molecule has 9 aliphatic rings. The zero-order chi connectivity index (χ0) is 92.9. The number of carbonyl (C=O) groups excluding carboxylic acids is 3. The number of ether oxygens (including phenoxy) is 3. The fraction of sp³-hybridized carbons (Fsp3) is 0.469. The van der Waals surface area contributed by atoms with E-state index in [0.717, 1.165) is 137 Å². The number of anilines is 6. The van der Waals surface area contributed by atoms with Crippen LogP contribution in [0.3, 0.4) is 0 Å². The number of H-pyrrole nitrogens is 1. The number of phenols is 1. The van der Waals surface area contributed by atoms with Gasteiger partial charge in [0, 0.05) is 147 Å². The molecule has 13 heterocycles. The number of rotatable bonds is 21. The lowest BCUT2D eigenvalue weighted by molar-refractivity contribution is -0.137. The van der Waals surface area contributed by atoms with Crippen molar-refractivity contribution in [3.8, 4) is 23.8 Å². The average molecular weight is 1980 g/mol. The number of aromatic nitrogens is 8. The number of hydrogen-bond acceptors (Lipinski definition) is 23. The maximum absolute atomic E-state index is 14.5. The highest BCUT2D eigenvalue weighted by Crippen LogP contribution is 2.47. The lowest BCUT2D eigenvalue weighted by atomic mass is 9.98. The summed E-state index contributed by atoms with van der Waals surface area (Å²) in [5.41, 5.74) is 6.99. The monoisotopic (exact) mass is 1980 g/mol. The average Bonchev–Trinajstić information content (AvgIpc) is 1.73. The smallest absolute Gasteiger partial charge is 0.418 e. The van der Waals surface area contributed by atoms with Crippen LogP contribution in [-0.2, 0) is 59.5 Å². The minimum absolute atomic E-state index is 0. The number of fused-ring (bicyclic) bond motifs is 6. The van der Waals surface area contributed by atoms with Gasteiger partial charge in [-0.3, -0.25) is 19.5 Å². The number of alkyl halides is 3. The highest BCUT2D eigenvalue weighted by atomic mass is 35.5. The number of aromatic hydroxyl groups is 1. The van der Waals surface area contributed by atoms with Gasteiger partial charge in [0.05, 0.1) is 64.7 Å². The second kappa shape index (κ2) is 46.4. The molecule has 9 aromatic rings. The normalized spacial score (nSPS) is 19.9. The van der Waals surface area contributed by atoms with E-state index in [9.17, 15) is 45.8 Å². The number of benzene rings is 5. The van der Waals surface area contributed by atoms with Crippen molar-refractivity contribution >= 4 is 150 Å². The number of halogens is 7. The van der Waals surface area contributed by atoms with Gasteiger partial charge in [-0.05, 0) is 146 Å². The molecule has 2 N–H and O–H groups in total. The Bertz CT molecular complexity index is 5900. The zero-order valence-electron chi connectivity index (χ0n) is 76.4. The van der Waals surface area contributed by atoms with E-state index in [4.69, 9.17) is 75.4 Å². The van der Waals surface area contributed by atoms with Gasteiger partial charge in [0.2, 0.25) is 19.6 Å². The van der Waals surface area contributed by atoms with Gasteiger partial charge in [0.15, 0.2) is 17.5 Å². The number of aryl methyl sites for hydroxylation is 1. The number of piperazine rings is 3. The maximum Gasteiger partial charge on any atom is 0.418 e. The van der Waals surface area contributed by atoms with Gasteiger partial charge in [-0.25, -0.2) is 32.9 Å². The Labute approximate surface area is 827 Å². The largest absolute Gasteiger partial charge is 0.508 e. The fourth-order valence-corrected chi connectivity index (χ4v) is 20.3. The minimum Gasteiger partial charge on any atom is -0.508 e. The van der Waals surface area contributed by atoms with E-state index in [1.165, 1.54) is 33.9 Å². The van der Waals surface area contributed by atoms with Gasteiger partial charge >= 0.3 is 24.2 Å². The molecule has 137 heavy (non-hydrogen) atoms. The molecule has 4 aromatic heterocycles. The summed E-state index contributed by atoms with van der Waals surface area (Å²) in [6.45, 7) is 43.3. The Morgan fingerprint density at radius 2 is 0.891 bits per heavy atom. The third-order valence-electron chi connectivity index (χ3n) is 26.9. The first kappa shape index (κ1) is 106. The number of likely N-dealkylation sites (N-methyl/N-ethyl adjacent to an activating group) is 3. The van der Waals surface area contributed by atoms with Crippen molar-refractivity contribution in [2.24, 2.45) is 0 Å². The molecular weight excluding hydrogens is 1860 g/mol. The maximum atomic E-state index is 14.5. The molecule has 0 radical (unpaired) electrons. The fourth-order valence-electron chi connectivity index (χ4n) is 20.0. The number of amides is 3. The SMILES string of the molecule is C.S.S.S.S.[C-]#[N+]C[C@H]1CN(c2nc(OC[C@@H]3CCCN3C)nc3c2CCN(c2c(C(F)(F)F)c(C)cc4[nH]ncc24)C3)CCN1C(=O)C(=C)F.[C-]#[N+]C[C@H]1CN(c2nc(OC[C@@H]3CCCN3C)nc3c2CCN(c2cc(O)cc4ccccc24)C3)CCN1C(=O)C(=C)F.[C-]#[N+]C[C@H]1CN(c2nc(OC[C@H]3CCCN3C)nc3c2CCN(c2cccc4cccc(Cl)c24)C3)CCN1C(=O)C(=C)F. The van der Waals surface area contributed by atoms with Crippen LogP contribution in [0.4, 0.5) is 60.9 Å². The Balaban J connectivity index is 0.000000194. The van der Waals surface area contributed by atoms with Crippen molar-refractivity contribution in [3.05, 3.63) is 206 Å². The van der Waals surface area contributed by atoms with Crippen LogP contribution in [0.15, 0.2) is 122 Å². The first-order valence-electron chi connectivity index (χ1n) is 44.7. The number of aromatic amines is 1. The van der Waals surface area contributed by atoms with Gasteiger partial charge in [0.1, 0.15) is 61.1 Å². The first-order valence-corrected chi connectivity index (χ1v) is 45.1. The van der Waals surface area contributed by atoms with Gasteiger partial charge in [-0.15, -0.1) is 0 Å². The summed E-state index contributed by atoms with van der Waals surface area (Å²) in [6, 6.07) is 25.1. The van der Waals surface area contributed by atoms with Gasteiger partial charge in [0.25, 0.3) is 17.7 Å². The van der Waals surface area contributed by atoms with Crippen LogP contribution in [0.2, 0.25) is 5.02 Å². The predicted molar refractivity (Wildman–Crippen MR) is 541 cm³/mol. The number of likely N-dealkylation sites (tertiary alicyclic amines) is 3. The quantitative estimate of drug-likeness (QED) is 0.0385. The molecule has 732 valence electrons. The third kappa shape index (κ3) is 23.3. The standard InChI is InChI=1S/C32H35ClFN7O2.C32H36FN7O3.C31H35F4N9O2.CH4.4H2S/c1-21(34)31(42)41-16-15-40(18-24(41)17-35-2)30-25-12-14-39(28-11-5-8-22-7-4-10-26(33)29(22)28)19-27(25)36-32(37-30)43-20-23-9-6-13-38(23)3;1-21(33)31(42)40-14-13-39(18-24(40)17-34-2)30-27-10-12-38(29-16-25(41)15-22-7-4-5-9-26(22)29)19-28(27)35-32(36-30)43-20-23-8-6-11-37(23)3;1-18-12-24-23(14-37-40-24)27(26(18)31(33,34)35)42-9-7-22-25(16-42)38-30(46-17-20-6-5-8-41(20)4)39-28(22)43-10-11-44(29(45)19(2)32)21(15-43)13-36-3;;;;;/h4-5,7-8,10-11,23-24H,1,6,9,12-20H2,3H3;4-5,7,9,15-16,23-24,41H,1,6,8,10-14,17-20H2,3H3;12,14,20-21H,2,5-11,13,15-17H2,1,4H3,(H,37,40);1H4;4*1H2/t23-,24+;23-,24-;20-,21-;;;;;/m100...../s1. The molecule has 0 unspecified atom stereocenters. The van der Waals surface area contributed by atoms with Crippen LogP contribution in [-0.4, -0.2) is 287 Å². The van der Waals surface area contributed by atoms with Gasteiger partial charge in [-0.1, -0.05) is 87.3 Å². The zero-order valence-corrected chi connectivity index (χ0v) is 81.1. The van der Waals surface area contributed by atoms with Crippen molar-refractivity contribution in [1.82, 2.24) is 69.5 Å². The molecule has 30 nitrogen and oxygen atoms in total. The molecule has 0 saturated carbocycles. The van der Waals surface area contributed by atoms with Crippen LogP contribution >= 0.6 is 65.6 Å². The molecule has 9 aliphatic heterocycles. The number of phenolic OH excluding ortho intramolecular Hbond substituents is 1. The molecule has 6 atom stereocenters. The van der Waals surface area contributed by atoms with E-state index in [0.29, 0.717) is 143 Å². The lowest BCUT2D eigenvalue weighted by Crippen LogP contribution is -2.57. The first-order chi connectivity index (χ1) is 63.6. The Morgan fingerprint density at radius 3 is 1.29 bits per heavy atom. The summed E-state index contributed by atoms with van der Waals surface area (Å²) in [5.74, 6) is -3.23.